The van der Waals surface area contributed by atoms with E-state index in [-0.39, 0.29) is 6.61 Å². The third-order valence-electron chi connectivity index (χ3n) is 9.97. The lowest BCUT2D eigenvalue weighted by Crippen LogP contribution is -2.63. The zero-order chi connectivity index (χ0) is 36.2. The zero-order valence-corrected chi connectivity index (χ0v) is 32.8. The summed E-state index contributed by atoms with van der Waals surface area (Å²) in [4.78, 5) is 1.04. The van der Waals surface area contributed by atoms with E-state index in [1.807, 2.05) is 84.9 Å². The van der Waals surface area contributed by atoms with Crippen LogP contribution >= 0.6 is 11.8 Å². The van der Waals surface area contributed by atoms with Crippen molar-refractivity contribution in [2.45, 2.75) is 119 Å². The summed E-state index contributed by atoms with van der Waals surface area (Å²) in [5, 5.41) is 12.2. The van der Waals surface area contributed by atoms with Crippen LogP contribution in [0.2, 0.25) is 16.6 Å². The number of thioether (sulfide) groups is 1. The Bertz CT molecular complexity index is 1520. The molecule has 1 aliphatic heterocycles. The van der Waals surface area contributed by atoms with Gasteiger partial charge in [-0.2, -0.15) is 0 Å². The molecule has 6 nitrogen and oxygen atoms in total. The predicted molar refractivity (Wildman–Crippen MR) is 209 cm³/mol. The number of hydrogen-bond donors (Lipinski definition) is 1. The van der Waals surface area contributed by atoms with Gasteiger partial charge in [0.05, 0.1) is 26.4 Å². The molecule has 4 aromatic carbocycles. The number of hydrogen-bond acceptors (Lipinski definition) is 7. The fourth-order valence-corrected chi connectivity index (χ4v) is 14.1. The van der Waals surface area contributed by atoms with Gasteiger partial charge in [0.2, 0.25) is 0 Å². The van der Waals surface area contributed by atoms with Crippen LogP contribution in [0.5, 0.6) is 0 Å². The van der Waals surface area contributed by atoms with Crippen molar-refractivity contribution < 1.29 is 28.5 Å². The number of rotatable bonds is 18. The van der Waals surface area contributed by atoms with E-state index in [9.17, 15) is 5.11 Å². The Balaban J connectivity index is 1.53. The van der Waals surface area contributed by atoms with Crippen LogP contribution in [-0.4, -0.2) is 56.0 Å². The highest BCUT2D eigenvalue weighted by Crippen LogP contribution is 2.43. The number of ether oxygens (including phenoxy) is 4. The third-order valence-corrected chi connectivity index (χ3v) is 17.2. The average Bonchev–Trinajstić information content (AvgIpc) is 3.14. The Morgan fingerprint density at radius 3 is 1.39 bits per heavy atom. The number of aliphatic hydroxyl groups excluding tert-OH is 1. The summed E-state index contributed by atoms with van der Waals surface area (Å²) in [5.74, 6) is 0. The van der Waals surface area contributed by atoms with E-state index in [0.29, 0.717) is 36.4 Å². The van der Waals surface area contributed by atoms with Crippen LogP contribution in [-0.2, 0) is 43.2 Å². The Labute approximate surface area is 311 Å². The van der Waals surface area contributed by atoms with Gasteiger partial charge in [-0.3, -0.25) is 0 Å². The summed E-state index contributed by atoms with van der Waals surface area (Å²) in [6.07, 6.45) is -3.47. The molecule has 274 valence electrons. The van der Waals surface area contributed by atoms with Crippen LogP contribution in [0.25, 0.3) is 0 Å². The largest absolute Gasteiger partial charge is 0.413 e. The van der Waals surface area contributed by atoms with Gasteiger partial charge in [-0.25, -0.2) is 0 Å². The Kier molecular flexibility index (Phi) is 14.9. The molecule has 0 bridgehead atoms. The standard InChI is InChI=1S/C43H56O6SSi/c1-31(2)51(32(3)4,33(5)6)48-30-38(44)39-40(45-27-34-19-11-7-12-20-34)41(46-28-35-21-13-8-14-22-35)42(47-29-36-23-15-9-16-24-36)43(49-39)50-37-25-17-10-18-26-37/h7-26,31-33,38-44H,27-30H2,1-6H3/t38-,39-,40-,41+,42+,43-/m1/s1. The van der Waals surface area contributed by atoms with Crippen molar-refractivity contribution in [1.82, 2.24) is 0 Å². The van der Waals surface area contributed by atoms with Crippen LogP contribution in [0.3, 0.4) is 0 Å². The number of benzene rings is 4. The molecule has 6 atom stereocenters. The second-order valence-corrected chi connectivity index (χ2v) is 21.0. The van der Waals surface area contributed by atoms with Crippen molar-refractivity contribution in [3.8, 4) is 0 Å². The van der Waals surface area contributed by atoms with E-state index >= 15 is 0 Å². The van der Waals surface area contributed by atoms with Gasteiger partial charge < -0.3 is 28.5 Å². The molecular weight excluding hydrogens is 673 g/mol. The lowest BCUT2D eigenvalue weighted by Gasteiger charge is -2.48. The first-order valence-electron chi connectivity index (χ1n) is 18.3. The topological polar surface area (TPSA) is 66.4 Å². The second-order valence-electron chi connectivity index (χ2n) is 14.4. The lowest BCUT2D eigenvalue weighted by molar-refractivity contribution is -0.264. The van der Waals surface area contributed by atoms with Gasteiger partial charge in [0.15, 0.2) is 8.32 Å². The molecule has 1 saturated heterocycles. The highest BCUT2D eigenvalue weighted by atomic mass is 32.2. The van der Waals surface area contributed by atoms with Gasteiger partial charge in [0, 0.05) is 4.90 Å². The van der Waals surface area contributed by atoms with E-state index in [1.165, 1.54) is 0 Å². The lowest BCUT2D eigenvalue weighted by atomic mass is 9.95. The molecule has 51 heavy (non-hydrogen) atoms. The van der Waals surface area contributed by atoms with Crippen LogP contribution in [0.1, 0.15) is 58.2 Å². The minimum absolute atomic E-state index is 0.153. The fraction of sp³-hybridized carbons (Fsp3) is 0.442. The van der Waals surface area contributed by atoms with Gasteiger partial charge >= 0.3 is 0 Å². The second kappa shape index (κ2) is 19.3. The summed E-state index contributed by atoms with van der Waals surface area (Å²) in [5.41, 5.74) is 3.75. The molecule has 1 fully saturated rings. The summed E-state index contributed by atoms with van der Waals surface area (Å²) >= 11 is 1.58. The quantitative estimate of drug-likeness (QED) is 0.102. The van der Waals surface area contributed by atoms with Crippen molar-refractivity contribution in [2.75, 3.05) is 6.61 Å². The van der Waals surface area contributed by atoms with Gasteiger partial charge in [-0.05, 0) is 45.4 Å². The Morgan fingerprint density at radius 1 is 0.569 bits per heavy atom. The van der Waals surface area contributed by atoms with E-state index in [0.717, 1.165) is 21.6 Å². The van der Waals surface area contributed by atoms with Gasteiger partial charge in [-0.1, -0.05) is 162 Å². The third kappa shape index (κ3) is 10.4. The van der Waals surface area contributed by atoms with E-state index in [2.05, 4.69) is 77.9 Å². The van der Waals surface area contributed by atoms with Crippen molar-refractivity contribution >= 4 is 20.1 Å². The predicted octanol–water partition coefficient (Wildman–Crippen LogP) is 9.81. The van der Waals surface area contributed by atoms with Crippen LogP contribution in [0.15, 0.2) is 126 Å². The van der Waals surface area contributed by atoms with Gasteiger partial charge in [-0.15, -0.1) is 0 Å². The summed E-state index contributed by atoms with van der Waals surface area (Å²) < 4.78 is 34.5. The van der Waals surface area contributed by atoms with Crippen molar-refractivity contribution in [3.05, 3.63) is 138 Å². The maximum absolute atomic E-state index is 12.2. The maximum atomic E-state index is 12.2. The van der Waals surface area contributed by atoms with E-state index in [1.54, 1.807) is 11.8 Å². The number of aliphatic hydroxyl groups is 1. The highest BCUT2D eigenvalue weighted by molar-refractivity contribution is 7.99. The van der Waals surface area contributed by atoms with Gasteiger partial charge in [0.1, 0.15) is 36.0 Å². The maximum Gasteiger partial charge on any atom is 0.200 e. The molecule has 0 aromatic heterocycles. The summed E-state index contributed by atoms with van der Waals surface area (Å²) in [7, 11) is -2.28. The SMILES string of the molecule is CC(C)[Si](OC[C@@H](O)[C@H]1O[C@H](Sc2ccccc2)[C@@H](OCc2ccccc2)[C@@H](OCc2ccccc2)[C@@H]1OCc1ccccc1)(C(C)C)C(C)C. The highest BCUT2D eigenvalue weighted by Gasteiger charge is 2.52. The smallest absolute Gasteiger partial charge is 0.200 e. The summed E-state index contributed by atoms with van der Waals surface area (Å²) in [6, 6.07) is 40.6. The van der Waals surface area contributed by atoms with Gasteiger partial charge in [0.25, 0.3) is 0 Å². The fourth-order valence-electron chi connectivity index (χ4n) is 7.55. The zero-order valence-electron chi connectivity index (χ0n) is 31.0. The normalized spacial score (nSPS) is 21.7. The molecule has 0 spiro atoms. The molecule has 0 amide bonds. The Morgan fingerprint density at radius 2 is 0.961 bits per heavy atom. The molecule has 8 heteroatoms. The molecule has 0 aliphatic carbocycles. The molecule has 1 heterocycles. The van der Waals surface area contributed by atoms with E-state index in [4.69, 9.17) is 23.4 Å². The molecule has 1 aliphatic rings. The monoisotopic (exact) mass is 728 g/mol. The Hall–Kier alpha value is -2.79. The first kappa shape index (κ1) is 39.4. The van der Waals surface area contributed by atoms with Crippen molar-refractivity contribution in [3.63, 3.8) is 0 Å². The molecule has 4 aromatic rings. The minimum atomic E-state index is -2.28. The molecular formula is C43H56O6SSi. The first-order chi connectivity index (χ1) is 24.7. The van der Waals surface area contributed by atoms with Crippen molar-refractivity contribution in [2.24, 2.45) is 0 Å². The molecule has 5 rings (SSSR count). The summed E-state index contributed by atoms with van der Waals surface area (Å²) in [6.45, 7) is 14.8. The molecule has 1 N–H and O–H groups in total. The van der Waals surface area contributed by atoms with Crippen molar-refractivity contribution in [1.29, 1.82) is 0 Å². The van der Waals surface area contributed by atoms with Crippen LogP contribution < -0.4 is 0 Å². The first-order valence-corrected chi connectivity index (χ1v) is 21.4. The molecule has 0 unspecified atom stereocenters. The molecule has 0 saturated carbocycles. The average molecular weight is 729 g/mol. The molecule has 0 radical (unpaired) electrons. The van der Waals surface area contributed by atoms with Crippen LogP contribution in [0.4, 0.5) is 0 Å². The van der Waals surface area contributed by atoms with E-state index < -0.39 is 44.3 Å². The minimum Gasteiger partial charge on any atom is -0.413 e. The van der Waals surface area contributed by atoms with Crippen LogP contribution in [0, 0.1) is 0 Å².